The van der Waals surface area contributed by atoms with Crippen molar-refractivity contribution in [2.24, 2.45) is 0 Å². The van der Waals surface area contributed by atoms with Gasteiger partial charge in [-0.25, -0.2) is 13.9 Å². The molecule has 33 heavy (non-hydrogen) atoms. The van der Waals surface area contributed by atoms with Crippen LogP contribution in [0.25, 0.3) is 0 Å². The van der Waals surface area contributed by atoms with Crippen molar-refractivity contribution in [3.8, 4) is 5.75 Å². The average Bonchev–Trinajstić information content (AvgIpc) is 3.40. The first-order chi connectivity index (χ1) is 15.9. The zero-order valence-corrected chi connectivity index (χ0v) is 20.1. The van der Waals surface area contributed by atoms with Crippen molar-refractivity contribution in [2.75, 3.05) is 26.7 Å². The second kappa shape index (κ2) is 9.42. The van der Waals surface area contributed by atoms with Gasteiger partial charge >= 0.3 is 0 Å². The lowest BCUT2D eigenvalue weighted by atomic mass is 9.79. The normalized spacial score (nSPS) is 22.7. The van der Waals surface area contributed by atoms with Crippen LogP contribution >= 0.6 is 11.3 Å². The number of sulfone groups is 1. The molecule has 2 N–H and O–H groups in total. The van der Waals surface area contributed by atoms with Crippen molar-refractivity contribution in [3.05, 3.63) is 71.0 Å². The molecule has 1 unspecified atom stereocenters. The van der Waals surface area contributed by atoms with Crippen molar-refractivity contribution in [1.82, 2.24) is 10.4 Å². The third-order valence-electron chi connectivity index (χ3n) is 6.73. The van der Waals surface area contributed by atoms with Crippen LogP contribution in [0, 0.1) is 0 Å². The third-order valence-corrected chi connectivity index (χ3v) is 10.3. The Kier molecular flexibility index (Phi) is 6.76. The number of piperidine rings is 1. The summed E-state index contributed by atoms with van der Waals surface area (Å²) in [6, 6.07) is 10.2. The summed E-state index contributed by atoms with van der Waals surface area (Å²) in [5.41, 5.74) is 1.45. The van der Waals surface area contributed by atoms with E-state index in [1.54, 1.807) is 28.9 Å². The first-order valence-electron chi connectivity index (χ1n) is 10.8. The first-order valence-corrected chi connectivity index (χ1v) is 13.2. The third kappa shape index (κ3) is 4.26. The van der Waals surface area contributed by atoms with Gasteiger partial charge in [-0.1, -0.05) is 30.4 Å². The molecular formula is C24H28N2O5S2. The molecule has 9 heteroatoms. The molecule has 1 fully saturated rings. The molecule has 1 aliphatic heterocycles. The molecule has 2 aliphatic rings. The number of allylic oxidation sites excluding steroid dienone is 3. The molecule has 1 saturated heterocycles. The van der Waals surface area contributed by atoms with E-state index in [0.717, 1.165) is 13.0 Å². The molecule has 1 amide bonds. The predicted octanol–water partition coefficient (Wildman–Crippen LogP) is 3.32. The molecule has 2 aromatic rings. The van der Waals surface area contributed by atoms with Gasteiger partial charge in [-0.3, -0.25) is 10.0 Å². The largest absolute Gasteiger partial charge is 0.497 e. The van der Waals surface area contributed by atoms with Gasteiger partial charge in [0.15, 0.2) is 14.6 Å². The topological polar surface area (TPSA) is 95.9 Å². The number of thiophene rings is 1. The molecule has 4 rings (SSSR count). The highest BCUT2D eigenvalue weighted by Crippen LogP contribution is 2.40. The van der Waals surface area contributed by atoms with Crippen LogP contribution in [0.3, 0.4) is 0 Å². The fraction of sp³-hybridized carbons (Fsp3) is 0.375. The van der Waals surface area contributed by atoms with Gasteiger partial charge in [0.2, 0.25) is 0 Å². The van der Waals surface area contributed by atoms with Crippen LogP contribution in [0.4, 0.5) is 0 Å². The Balaban J connectivity index is 1.58. The number of carbonyl (C=O) groups is 1. The quantitative estimate of drug-likeness (QED) is 0.459. The highest BCUT2D eigenvalue weighted by Gasteiger charge is 2.53. The van der Waals surface area contributed by atoms with Crippen LogP contribution in [0.5, 0.6) is 5.75 Å². The second-order valence-electron chi connectivity index (χ2n) is 8.52. The van der Waals surface area contributed by atoms with Gasteiger partial charge in [0.1, 0.15) is 5.75 Å². The lowest BCUT2D eigenvalue weighted by molar-refractivity contribution is -0.133. The van der Waals surface area contributed by atoms with Crippen molar-refractivity contribution >= 4 is 27.1 Å². The summed E-state index contributed by atoms with van der Waals surface area (Å²) in [4.78, 5) is 16.3. The van der Waals surface area contributed by atoms with Gasteiger partial charge < -0.3 is 9.64 Å². The van der Waals surface area contributed by atoms with E-state index in [1.165, 1.54) is 24.1 Å². The summed E-state index contributed by atoms with van der Waals surface area (Å²) in [5.74, 6) is -0.357. The van der Waals surface area contributed by atoms with Gasteiger partial charge in [0.05, 0.1) is 12.0 Å². The van der Waals surface area contributed by atoms with Crippen LogP contribution < -0.4 is 10.2 Å². The molecule has 176 valence electrons. The minimum Gasteiger partial charge on any atom is -0.497 e. The number of nitrogens with zero attached hydrogens (tertiary/aromatic N) is 1. The number of ether oxygens (including phenoxy) is 1. The number of benzene rings is 1. The summed E-state index contributed by atoms with van der Waals surface area (Å²) in [5, 5.41) is 11.5. The maximum absolute atomic E-state index is 13.6. The summed E-state index contributed by atoms with van der Waals surface area (Å²) in [6.45, 7) is 1.58. The molecule has 1 aromatic heterocycles. The fourth-order valence-corrected chi connectivity index (χ4v) is 7.64. The van der Waals surface area contributed by atoms with E-state index in [4.69, 9.17) is 4.74 Å². The Labute approximate surface area is 198 Å². The molecular weight excluding hydrogens is 460 g/mol. The number of carbonyl (C=O) groups excluding carboxylic acids is 1. The van der Waals surface area contributed by atoms with E-state index in [1.807, 2.05) is 12.1 Å². The van der Waals surface area contributed by atoms with Gasteiger partial charge in [0, 0.05) is 29.9 Å². The van der Waals surface area contributed by atoms with Crippen molar-refractivity contribution < 1.29 is 23.2 Å². The lowest BCUT2D eigenvalue weighted by Gasteiger charge is -2.43. The van der Waals surface area contributed by atoms with E-state index < -0.39 is 20.5 Å². The molecule has 0 radical (unpaired) electrons. The number of likely N-dealkylation sites (tertiary alicyclic amines) is 1. The minimum absolute atomic E-state index is 0.0377. The Morgan fingerprint density at radius 2 is 1.91 bits per heavy atom. The number of rotatable bonds is 7. The van der Waals surface area contributed by atoms with Crippen LogP contribution in [0.15, 0.2) is 71.0 Å². The van der Waals surface area contributed by atoms with Gasteiger partial charge in [-0.2, -0.15) is 0 Å². The van der Waals surface area contributed by atoms with Gasteiger partial charge in [-0.15, -0.1) is 11.3 Å². The van der Waals surface area contributed by atoms with Crippen LogP contribution in [-0.4, -0.2) is 55.9 Å². The number of amides is 1. The maximum Gasteiger partial charge on any atom is 0.265 e. The molecule has 1 atom stereocenters. The van der Waals surface area contributed by atoms with Gasteiger partial charge in [-0.05, 0) is 55.0 Å². The van der Waals surface area contributed by atoms with E-state index in [0.29, 0.717) is 18.8 Å². The zero-order chi connectivity index (χ0) is 23.5. The van der Waals surface area contributed by atoms with Gasteiger partial charge in [0.25, 0.3) is 5.91 Å². The molecule has 7 nitrogen and oxygen atoms in total. The molecule has 0 spiro atoms. The number of hydrogen-bond acceptors (Lipinski definition) is 7. The molecule has 2 heterocycles. The number of methoxy groups -OCH3 is 1. The summed E-state index contributed by atoms with van der Waals surface area (Å²) < 4.78 is 30.6. The Bertz CT molecular complexity index is 1130. The van der Waals surface area contributed by atoms with Crippen LogP contribution in [-0.2, 0) is 20.0 Å². The number of hydroxylamine groups is 1. The molecule has 1 aliphatic carbocycles. The SMILES string of the molecule is COc1ccc(S(=O)(=O)C2(C(=O)NO)CCN(CC3(c4cccs4)C=CC=CC3)CC2)cc1. The lowest BCUT2D eigenvalue weighted by Crippen LogP contribution is -2.58. The van der Waals surface area contributed by atoms with Crippen molar-refractivity contribution in [2.45, 2.75) is 34.3 Å². The number of hydrogen-bond donors (Lipinski definition) is 2. The van der Waals surface area contributed by atoms with E-state index in [2.05, 4.69) is 34.6 Å². The first kappa shape index (κ1) is 23.7. The van der Waals surface area contributed by atoms with Crippen molar-refractivity contribution in [3.63, 3.8) is 0 Å². The molecule has 0 bridgehead atoms. The monoisotopic (exact) mass is 488 g/mol. The summed E-state index contributed by atoms with van der Waals surface area (Å²) in [7, 11) is -2.55. The molecule has 1 aromatic carbocycles. The fourth-order valence-electron chi connectivity index (χ4n) is 4.78. The van der Waals surface area contributed by atoms with E-state index in [9.17, 15) is 18.4 Å². The Morgan fingerprint density at radius 1 is 1.18 bits per heavy atom. The van der Waals surface area contributed by atoms with Crippen LogP contribution in [0.1, 0.15) is 24.1 Å². The minimum atomic E-state index is -4.05. The second-order valence-corrected chi connectivity index (χ2v) is 11.7. The van der Waals surface area contributed by atoms with Crippen molar-refractivity contribution in [1.29, 1.82) is 0 Å². The van der Waals surface area contributed by atoms with E-state index in [-0.39, 0.29) is 23.2 Å². The Hall–Kier alpha value is -2.46. The average molecular weight is 489 g/mol. The highest BCUT2D eigenvalue weighted by atomic mass is 32.2. The number of nitrogens with one attached hydrogen (secondary N) is 1. The highest BCUT2D eigenvalue weighted by molar-refractivity contribution is 7.93. The maximum atomic E-state index is 13.6. The zero-order valence-electron chi connectivity index (χ0n) is 18.4. The van der Waals surface area contributed by atoms with Crippen LogP contribution in [0.2, 0.25) is 0 Å². The van der Waals surface area contributed by atoms with E-state index >= 15 is 0 Å². The Morgan fingerprint density at radius 3 is 2.45 bits per heavy atom. The summed E-state index contributed by atoms with van der Waals surface area (Å²) in [6.07, 6.45) is 9.52. The summed E-state index contributed by atoms with van der Waals surface area (Å²) >= 11 is 1.71. The smallest absolute Gasteiger partial charge is 0.265 e. The predicted molar refractivity (Wildman–Crippen MR) is 127 cm³/mol. The standard InChI is InChI=1S/C24H28N2O5S2/c1-31-19-7-9-20(10-8-19)33(29,30)24(22(27)25-28)13-15-26(16-14-24)18-23(11-3-2-4-12-23)21-6-5-17-32-21/h2-11,17,28H,12-16,18H2,1H3,(H,25,27). The molecule has 0 saturated carbocycles.